The molecule has 8 heteroatoms. The SMILES string of the molecule is CC(C)(Oc1ccc(C2CC2(Cl)Cl)cc1)C(=O)NCCc1nnc2ccccn12. The fraction of sp³-hybridized carbons (Fsp3) is 0.381. The quantitative estimate of drug-likeness (QED) is 0.574. The second-order valence-electron chi connectivity index (χ2n) is 7.75. The number of aromatic nitrogens is 3. The number of ether oxygens (including phenoxy) is 1. The Morgan fingerprint density at radius 1 is 1.24 bits per heavy atom. The number of carbonyl (C=O) groups excluding carboxylic acids is 1. The Labute approximate surface area is 179 Å². The number of nitrogens with zero attached hydrogens (tertiary/aromatic N) is 3. The number of nitrogens with one attached hydrogen (secondary N) is 1. The van der Waals surface area contributed by atoms with Gasteiger partial charge in [0, 0.05) is 25.1 Å². The normalized spacial score (nSPS) is 17.9. The monoisotopic (exact) mass is 432 g/mol. The second-order valence-corrected chi connectivity index (χ2v) is 9.29. The first-order chi connectivity index (χ1) is 13.8. The number of benzene rings is 1. The van der Waals surface area contributed by atoms with Gasteiger partial charge in [0.05, 0.1) is 0 Å². The molecule has 4 rings (SSSR count). The highest BCUT2D eigenvalue weighted by Crippen LogP contribution is 2.59. The van der Waals surface area contributed by atoms with Crippen molar-refractivity contribution in [3.8, 4) is 5.75 Å². The summed E-state index contributed by atoms with van der Waals surface area (Å²) >= 11 is 12.2. The van der Waals surface area contributed by atoms with Crippen LogP contribution in [0.1, 0.15) is 37.6 Å². The van der Waals surface area contributed by atoms with Crippen LogP contribution in [0.5, 0.6) is 5.75 Å². The summed E-state index contributed by atoms with van der Waals surface area (Å²) < 4.78 is 7.17. The number of alkyl halides is 2. The number of halogens is 2. The molecule has 0 aliphatic heterocycles. The number of carbonyl (C=O) groups is 1. The van der Waals surface area contributed by atoms with Crippen LogP contribution in [-0.2, 0) is 11.2 Å². The van der Waals surface area contributed by atoms with Gasteiger partial charge < -0.3 is 10.1 Å². The average molecular weight is 433 g/mol. The van der Waals surface area contributed by atoms with Crippen LogP contribution in [0.2, 0.25) is 0 Å². The van der Waals surface area contributed by atoms with Gasteiger partial charge in [0.25, 0.3) is 5.91 Å². The van der Waals surface area contributed by atoms with Gasteiger partial charge in [-0.25, -0.2) is 0 Å². The van der Waals surface area contributed by atoms with Gasteiger partial charge in [-0.05, 0) is 50.1 Å². The first-order valence-electron chi connectivity index (χ1n) is 9.50. The van der Waals surface area contributed by atoms with E-state index < -0.39 is 9.93 Å². The van der Waals surface area contributed by atoms with Crippen molar-refractivity contribution in [2.24, 2.45) is 0 Å². The Bertz CT molecular complexity index is 1030. The summed E-state index contributed by atoms with van der Waals surface area (Å²) in [5.41, 5.74) is 0.842. The predicted molar refractivity (Wildman–Crippen MR) is 113 cm³/mol. The van der Waals surface area contributed by atoms with Gasteiger partial charge in [-0.3, -0.25) is 9.20 Å². The van der Waals surface area contributed by atoms with Crippen LogP contribution in [0.4, 0.5) is 0 Å². The molecule has 1 amide bonds. The summed E-state index contributed by atoms with van der Waals surface area (Å²) in [6, 6.07) is 13.3. The highest BCUT2D eigenvalue weighted by Gasteiger charge is 2.52. The Morgan fingerprint density at radius 2 is 1.97 bits per heavy atom. The third-order valence-electron chi connectivity index (χ3n) is 5.05. The molecule has 29 heavy (non-hydrogen) atoms. The molecular formula is C21H22Cl2N4O2. The molecule has 1 saturated carbocycles. The zero-order valence-electron chi connectivity index (χ0n) is 16.2. The van der Waals surface area contributed by atoms with Crippen molar-refractivity contribution in [1.29, 1.82) is 0 Å². The molecule has 1 unspecified atom stereocenters. The molecule has 3 aromatic rings. The van der Waals surface area contributed by atoms with Crippen molar-refractivity contribution in [1.82, 2.24) is 19.9 Å². The van der Waals surface area contributed by atoms with Gasteiger partial charge in [0.1, 0.15) is 15.9 Å². The van der Waals surface area contributed by atoms with E-state index in [2.05, 4.69) is 15.5 Å². The smallest absolute Gasteiger partial charge is 0.263 e. The van der Waals surface area contributed by atoms with E-state index in [0.717, 1.165) is 23.5 Å². The van der Waals surface area contributed by atoms with Crippen molar-refractivity contribution >= 4 is 34.8 Å². The molecule has 1 aromatic carbocycles. The summed E-state index contributed by atoms with van der Waals surface area (Å²) in [4.78, 5) is 12.6. The summed E-state index contributed by atoms with van der Waals surface area (Å²) in [7, 11) is 0. The van der Waals surface area contributed by atoms with Crippen LogP contribution in [0.3, 0.4) is 0 Å². The number of amides is 1. The van der Waals surface area contributed by atoms with Crippen LogP contribution in [0.15, 0.2) is 48.7 Å². The standard InChI is InChI=1S/C21H22Cl2N4O2/c1-20(2,29-15-8-6-14(7-9-15)16-13-21(16,22)23)19(28)24-11-10-18-26-25-17-5-3-4-12-27(17)18/h3-9,12,16H,10-11,13H2,1-2H3,(H,24,28). The summed E-state index contributed by atoms with van der Waals surface area (Å²) in [5, 5.41) is 11.2. The zero-order valence-corrected chi connectivity index (χ0v) is 17.7. The molecule has 1 atom stereocenters. The van der Waals surface area contributed by atoms with Crippen molar-refractivity contribution in [3.05, 3.63) is 60.0 Å². The molecule has 1 fully saturated rings. The van der Waals surface area contributed by atoms with Gasteiger partial charge in [0.2, 0.25) is 0 Å². The lowest BCUT2D eigenvalue weighted by molar-refractivity contribution is -0.134. The molecule has 2 heterocycles. The van der Waals surface area contributed by atoms with Crippen LogP contribution in [0, 0.1) is 0 Å². The highest BCUT2D eigenvalue weighted by atomic mass is 35.5. The maximum absolute atomic E-state index is 12.6. The molecule has 0 radical (unpaired) electrons. The van der Waals surface area contributed by atoms with Crippen molar-refractivity contribution in [2.75, 3.05) is 6.54 Å². The Balaban J connectivity index is 1.31. The van der Waals surface area contributed by atoms with Gasteiger partial charge in [-0.15, -0.1) is 33.4 Å². The molecule has 1 aliphatic carbocycles. The van der Waals surface area contributed by atoms with Crippen molar-refractivity contribution in [3.63, 3.8) is 0 Å². The molecule has 0 spiro atoms. The van der Waals surface area contributed by atoms with E-state index in [-0.39, 0.29) is 11.8 Å². The molecule has 2 aromatic heterocycles. The summed E-state index contributed by atoms with van der Waals surface area (Å²) in [6.07, 6.45) is 3.23. The number of rotatable bonds is 7. The molecular weight excluding hydrogens is 411 g/mol. The van der Waals surface area contributed by atoms with E-state index >= 15 is 0 Å². The number of hydrogen-bond acceptors (Lipinski definition) is 4. The van der Waals surface area contributed by atoms with E-state index in [9.17, 15) is 4.79 Å². The Morgan fingerprint density at radius 3 is 2.66 bits per heavy atom. The fourth-order valence-electron chi connectivity index (χ4n) is 3.25. The van der Waals surface area contributed by atoms with Crippen molar-refractivity contribution < 1.29 is 9.53 Å². The number of fused-ring (bicyclic) bond motifs is 1. The van der Waals surface area contributed by atoms with E-state index in [4.69, 9.17) is 27.9 Å². The summed E-state index contributed by atoms with van der Waals surface area (Å²) in [5.74, 6) is 1.38. The molecule has 1 aliphatic rings. The maximum Gasteiger partial charge on any atom is 0.263 e. The van der Waals surface area contributed by atoms with Crippen LogP contribution in [0.25, 0.3) is 5.65 Å². The molecule has 152 valence electrons. The number of pyridine rings is 1. The van der Waals surface area contributed by atoms with E-state index in [1.807, 2.05) is 53.1 Å². The highest BCUT2D eigenvalue weighted by molar-refractivity contribution is 6.51. The largest absolute Gasteiger partial charge is 0.478 e. The van der Waals surface area contributed by atoms with Crippen LogP contribution in [-0.4, -0.2) is 37.0 Å². The zero-order chi connectivity index (χ0) is 20.6. The third-order valence-corrected chi connectivity index (χ3v) is 5.88. The first kappa shape index (κ1) is 20.0. The van der Waals surface area contributed by atoms with Gasteiger partial charge in [0.15, 0.2) is 11.2 Å². The molecule has 6 nitrogen and oxygen atoms in total. The lowest BCUT2D eigenvalue weighted by atomic mass is 10.1. The minimum Gasteiger partial charge on any atom is -0.478 e. The molecule has 0 bridgehead atoms. The fourth-order valence-corrected chi connectivity index (χ4v) is 3.81. The van der Waals surface area contributed by atoms with Gasteiger partial charge in [-0.1, -0.05) is 18.2 Å². The first-order valence-corrected chi connectivity index (χ1v) is 10.3. The van der Waals surface area contributed by atoms with Crippen LogP contribution >= 0.6 is 23.2 Å². The minimum absolute atomic E-state index is 0.157. The Kier molecular flexibility index (Phi) is 5.17. The second kappa shape index (κ2) is 7.50. The molecule has 0 saturated heterocycles. The van der Waals surface area contributed by atoms with Gasteiger partial charge in [-0.2, -0.15) is 0 Å². The van der Waals surface area contributed by atoms with Crippen molar-refractivity contribution in [2.45, 2.75) is 42.5 Å². The van der Waals surface area contributed by atoms with E-state index in [1.54, 1.807) is 13.8 Å². The molecule has 1 N–H and O–H groups in total. The Hall–Kier alpha value is -2.31. The summed E-state index contributed by atoms with van der Waals surface area (Å²) in [6.45, 7) is 3.92. The predicted octanol–water partition coefficient (Wildman–Crippen LogP) is 3.91. The van der Waals surface area contributed by atoms with Gasteiger partial charge >= 0.3 is 0 Å². The lowest BCUT2D eigenvalue weighted by Gasteiger charge is -2.25. The maximum atomic E-state index is 12.6. The van der Waals surface area contributed by atoms with Crippen LogP contribution < -0.4 is 10.1 Å². The third kappa shape index (κ3) is 4.33. The topological polar surface area (TPSA) is 68.5 Å². The van der Waals surface area contributed by atoms with E-state index in [0.29, 0.717) is 18.7 Å². The average Bonchev–Trinajstić information content (AvgIpc) is 3.14. The van der Waals surface area contributed by atoms with E-state index in [1.165, 1.54) is 0 Å². The minimum atomic E-state index is -1.02. The number of hydrogen-bond donors (Lipinski definition) is 1. The lowest BCUT2D eigenvalue weighted by Crippen LogP contribution is -2.47.